The average molecular weight is 342 g/mol. The van der Waals surface area contributed by atoms with Crippen LogP contribution in [0.25, 0.3) is 0 Å². The van der Waals surface area contributed by atoms with Crippen molar-refractivity contribution < 1.29 is 14.3 Å². The number of hydrogen-bond acceptors (Lipinski definition) is 3. The second kappa shape index (κ2) is 4.46. The zero-order valence-corrected chi connectivity index (χ0v) is 13.2. The third-order valence-corrected chi connectivity index (χ3v) is 7.09. The minimum absolute atomic E-state index is 0.0142. The number of likely N-dealkylation sites (tertiary alicyclic amines) is 1. The van der Waals surface area contributed by atoms with Gasteiger partial charge in [0.05, 0.1) is 16.7 Å². The zero-order valence-electron chi connectivity index (χ0n) is 11.6. The van der Waals surface area contributed by atoms with Crippen molar-refractivity contribution in [3.8, 4) is 0 Å². The normalized spacial score (nSPS) is 49.6. The zero-order chi connectivity index (χ0) is 14.0. The number of alkyl halides is 1. The molecule has 2 heterocycles. The van der Waals surface area contributed by atoms with Crippen molar-refractivity contribution in [1.82, 2.24) is 4.90 Å². The Labute approximate surface area is 127 Å². The van der Waals surface area contributed by atoms with E-state index in [0.29, 0.717) is 6.04 Å². The second-order valence-corrected chi connectivity index (χ2v) is 7.89. The van der Waals surface area contributed by atoms with Crippen molar-refractivity contribution in [1.29, 1.82) is 0 Å². The number of nitrogens with zero attached hydrogens (tertiary/aromatic N) is 1. The summed E-state index contributed by atoms with van der Waals surface area (Å²) in [7, 11) is 0. The van der Waals surface area contributed by atoms with Crippen molar-refractivity contribution in [3.63, 3.8) is 0 Å². The van der Waals surface area contributed by atoms with E-state index in [1.807, 2.05) is 4.90 Å². The number of hydrogen-bond donors (Lipinski definition) is 0. The molecule has 4 nitrogen and oxygen atoms in total. The van der Waals surface area contributed by atoms with E-state index in [1.54, 1.807) is 0 Å². The van der Waals surface area contributed by atoms with Crippen molar-refractivity contribution >= 4 is 27.8 Å². The molecule has 2 saturated carbocycles. The van der Waals surface area contributed by atoms with Crippen molar-refractivity contribution in [3.05, 3.63) is 0 Å². The molecule has 4 rings (SSSR count). The average Bonchev–Trinajstić information content (AvgIpc) is 3.02. The van der Waals surface area contributed by atoms with E-state index in [1.165, 1.54) is 6.42 Å². The van der Waals surface area contributed by atoms with Gasteiger partial charge in [-0.3, -0.25) is 9.59 Å². The summed E-state index contributed by atoms with van der Waals surface area (Å²) in [6.07, 6.45) is 4.36. The molecular weight excluding hydrogens is 322 g/mol. The number of amides is 1. The fraction of sp³-hybridized carbons (Fsp3) is 0.867. The smallest absolute Gasteiger partial charge is 0.310 e. The molecule has 4 fully saturated rings. The Morgan fingerprint density at radius 3 is 2.90 bits per heavy atom. The minimum Gasteiger partial charge on any atom is -0.461 e. The highest BCUT2D eigenvalue weighted by atomic mass is 79.9. The molecule has 2 saturated heterocycles. The summed E-state index contributed by atoms with van der Waals surface area (Å²) < 4.78 is 5.49. The van der Waals surface area contributed by atoms with E-state index in [0.717, 1.165) is 25.8 Å². The molecule has 0 spiro atoms. The summed E-state index contributed by atoms with van der Waals surface area (Å²) in [4.78, 5) is 27.3. The Morgan fingerprint density at radius 1 is 1.35 bits per heavy atom. The van der Waals surface area contributed by atoms with Crippen LogP contribution in [0.1, 0.15) is 32.6 Å². The van der Waals surface area contributed by atoms with Crippen LogP contribution in [0.5, 0.6) is 0 Å². The SMILES string of the molecule is C[C@@H]1CCCCN1C(=O)[C@@H]1[C@H]2C[C@H]3[C@H](OC(=O)[C@H]31)[C@@H]2Br. The lowest BCUT2D eigenvalue weighted by molar-refractivity contribution is -0.149. The first-order chi connectivity index (χ1) is 9.59. The van der Waals surface area contributed by atoms with Gasteiger partial charge in [-0.05, 0) is 38.5 Å². The van der Waals surface area contributed by atoms with Crippen LogP contribution >= 0.6 is 15.9 Å². The predicted molar refractivity (Wildman–Crippen MR) is 76.2 cm³/mol. The number of piperidine rings is 1. The molecule has 0 N–H and O–H groups in total. The Kier molecular flexibility index (Phi) is 2.92. The van der Waals surface area contributed by atoms with Gasteiger partial charge in [-0.25, -0.2) is 0 Å². The van der Waals surface area contributed by atoms with E-state index in [9.17, 15) is 9.59 Å². The van der Waals surface area contributed by atoms with Crippen molar-refractivity contribution in [2.24, 2.45) is 23.7 Å². The second-order valence-electron chi connectivity index (χ2n) is 6.84. The first-order valence-electron chi connectivity index (χ1n) is 7.74. The van der Waals surface area contributed by atoms with Gasteiger partial charge in [0, 0.05) is 18.5 Å². The first kappa shape index (κ1) is 13.1. The van der Waals surface area contributed by atoms with E-state index in [4.69, 9.17) is 4.74 Å². The third-order valence-electron chi connectivity index (χ3n) is 5.89. The van der Waals surface area contributed by atoms with E-state index in [-0.39, 0.29) is 46.5 Å². The Bertz CT molecular complexity index is 468. The van der Waals surface area contributed by atoms with Crippen LogP contribution in [0.15, 0.2) is 0 Å². The summed E-state index contributed by atoms with van der Waals surface area (Å²) in [5, 5.41) is 0. The molecule has 110 valence electrons. The van der Waals surface area contributed by atoms with Crippen molar-refractivity contribution in [2.75, 3.05) is 6.54 Å². The predicted octanol–water partition coefficient (Wildman–Crippen LogP) is 1.96. The molecule has 0 aromatic carbocycles. The van der Waals surface area contributed by atoms with Crippen LogP contribution in [0, 0.1) is 23.7 Å². The fourth-order valence-electron chi connectivity index (χ4n) is 4.93. The number of esters is 1. The van der Waals surface area contributed by atoms with Gasteiger partial charge in [-0.15, -0.1) is 0 Å². The number of carbonyl (C=O) groups is 2. The van der Waals surface area contributed by atoms with Crippen LogP contribution in [0.2, 0.25) is 0 Å². The molecule has 1 amide bonds. The highest BCUT2D eigenvalue weighted by Crippen LogP contribution is 2.60. The Hall–Kier alpha value is -0.580. The fourth-order valence-corrected chi connectivity index (χ4v) is 5.97. The topological polar surface area (TPSA) is 46.6 Å². The minimum atomic E-state index is -0.166. The maximum absolute atomic E-state index is 13.0. The van der Waals surface area contributed by atoms with E-state index >= 15 is 0 Å². The monoisotopic (exact) mass is 341 g/mol. The summed E-state index contributed by atoms with van der Waals surface area (Å²) in [5.41, 5.74) is 0. The molecule has 0 aromatic heterocycles. The molecule has 20 heavy (non-hydrogen) atoms. The lowest BCUT2D eigenvalue weighted by Crippen LogP contribution is -2.50. The van der Waals surface area contributed by atoms with Crippen LogP contribution in [-0.4, -0.2) is 40.3 Å². The molecule has 7 atom stereocenters. The molecular formula is C15H20BrNO3. The maximum Gasteiger partial charge on any atom is 0.310 e. The Balaban J connectivity index is 1.62. The van der Waals surface area contributed by atoms with E-state index in [2.05, 4.69) is 22.9 Å². The standard InChI is InChI=1S/C15H20BrNO3/c1-7-4-2-3-5-17(7)14(18)10-8-6-9-11(10)15(19)20-13(9)12(8)16/h7-13H,2-6H2,1H3/t7-,8-,9-,10-,11-,12-,13+/m1/s1. The van der Waals surface area contributed by atoms with Gasteiger partial charge in [-0.2, -0.15) is 0 Å². The molecule has 2 bridgehead atoms. The van der Waals surface area contributed by atoms with E-state index < -0.39 is 0 Å². The number of fused-ring (bicyclic) bond motifs is 1. The lowest BCUT2D eigenvalue weighted by Gasteiger charge is -2.38. The molecule has 2 aliphatic carbocycles. The third kappa shape index (κ3) is 1.59. The first-order valence-corrected chi connectivity index (χ1v) is 8.66. The van der Waals surface area contributed by atoms with Crippen LogP contribution in [0.4, 0.5) is 0 Å². The number of halogens is 1. The Morgan fingerprint density at radius 2 is 2.15 bits per heavy atom. The van der Waals surface area contributed by atoms with Crippen LogP contribution < -0.4 is 0 Å². The number of rotatable bonds is 1. The molecule has 2 aliphatic heterocycles. The van der Waals surface area contributed by atoms with Gasteiger partial charge in [0.2, 0.25) is 5.91 Å². The van der Waals surface area contributed by atoms with Gasteiger partial charge >= 0.3 is 5.97 Å². The number of carbonyl (C=O) groups excluding carboxylic acids is 2. The summed E-state index contributed by atoms with van der Waals surface area (Å²) in [5.74, 6) is 0.314. The molecule has 0 unspecified atom stereocenters. The summed E-state index contributed by atoms with van der Waals surface area (Å²) in [6.45, 7) is 2.98. The van der Waals surface area contributed by atoms with Gasteiger partial charge in [-0.1, -0.05) is 15.9 Å². The molecule has 0 radical (unpaired) electrons. The highest BCUT2D eigenvalue weighted by Gasteiger charge is 2.68. The van der Waals surface area contributed by atoms with Crippen LogP contribution in [-0.2, 0) is 14.3 Å². The highest BCUT2D eigenvalue weighted by molar-refractivity contribution is 9.09. The summed E-state index contributed by atoms with van der Waals surface area (Å²) in [6, 6.07) is 0.317. The van der Waals surface area contributed by atoms with Gasteiger partial charge in [0.1, 0.15) is 6.10 Å². The van der Waals surface area contributed by atoms with Crippen molar-refractivity contribution in [2.45, 2.75) is 49.6 Å². The van der Waals surface area contributed by atoms with Crippen LogP contribution in [0.3, 0.4) is 0 Å². The van der Waals surface area contributed by atoms with Gasteiger partial charge in [0.15, 0.2) is 0 Å². The molecule has 5 heteroatoms. The van der Waals surface area contributed by atoms with Gasteiger partial charge in [0.25, 0.3) is 0 Å². The lowest BCUT2D eigenvalue weighted by atomic mass is 9.78. The maximum atomic E-state index is 13.0. The van der Waals surface area contributed by atoms with Gasteiger partial charge < -0.3 is 9.64 Å². The quantitative estimate of drug-likeness (QED) is 0.541. The summed E-state index contributed by atoms with van der Waals surface area (Å²) >= 11 is 3.68. The number of ether oxygens (including phenoxy) is 1. The molecule has 0 aromatic rings. The largest absolute Gasteiger partial charge is 0.461 e. The molecule has 4 aliphatic rings.